The van der Waals surface area contributed by atoms with Crippen molar-refractivity contribution in [2.75, 3.05) is 26.2 Å². The van der Waals surface area contributed by atoms with Gasteiger partial charge in [0.15, 0.2) is 5.96 Å². The zero-order valence-electron chi connectivity index (χ0n) is 16.5. The lowest BCUT2D eigenvalue weighted by Crippen LogP contribution is -2.50. The summed E-state index contributed by atoms with van der Waals surface area (Å²) >= 11 is 5.91. The van der Waals surface area contributed by atoms with Crippen LogP contribution in [0.25, 0.3) is 0 Å². The normalized spacial score (nSPS) is 18.0. The molecule has 0 amide bonds. The molecule has 2 rings (SSSR count). The van der Waals surface area contributed by atoms with Crippen molar-refractivity contribution in [3.8, 4) is 5.75 Å². The van der Waals surface area contributed by atoms with Crippen LogP contribution in [0, 0.1) is 0 Å². The van der Waals surface area contributed by atoms with E-state index in [1.807, 2.05) is 31.2 Å². The largest absolute Gasteiger partial charge is 0.489 e. The molecule has 0 radical (unpaired) electrons. The standard InChI is InChI=1S/C20H33ClN4O/c1-5-22-20(24-18-10-12-25(13-11-18)15(2)3)23-14-16(4)26-19-8-6-17(21)7-9-19/h6-9,15-16,18H,5,10-14H2,1-4H3,(H2,22,23,24). The van der Waals surface area contributed by atoms with Crippen molar-refractivity contribution >= 4 is 17.6 Å². The van der Waals surface area contributed by atoms with Crippen LogP contribution in [-0.2, 0) is 0 Å². The summed E-state index contributed by atoms with van der Waals surface area (Å²) < 4.78 is 5.90. The molecule has 1 heterocycles. The summed E-state index contributed by atoms with van der Waals surface area (Å²) in [5, 5.41) is 7.64. The zero-order chi connectivity index (χ0) is 18.9. The van der Waals surface area contributed by atoms with Crippen LogP contribution in [0.15, 0.2) is 29.3 Å². The molecule has 1 aliphatic heterocycles. The Morgan fingerprint density at radius 2 is 1.88 bits per heavy atom. The van der Waals surface area contributed by atoms with Crippen molar-refractivity contribution in [1.29, 1.82) is 0 Å². The third-order valence-corrected chi connectivity index (χ3v) is 4.85. The molecular weight excluding hydrogens is 348 g/mol. The lowest BCUT2D eigenvalue weighted by atomic mass is 10.0. The minimum atomic E-state index is -0.00517. The molecule has 0 saturated carbocycles. The van der Waals surface area contributed by atoms with Gasteiger partial charge in [0, 0.05) is 36.7 Å². The molecule has 1 aromatic carbocycles. The number of ether oxygens (including phenoxy) is 1. The fourth-order valence-corrected chi connectivity index (χ4v) is 3.20. The van der Waals surface area contributed by atoms with Crippen molar-refractivity contribution in [2.45, 2.75) is 58.7 Å². The second kappa shape index (κ2) is 10.6. The first kappa shape index (κ1) is 20.8. The van der Waals surface area contributed by atoms with Gasteiger partial charge in [0.1, 0.15) is 11.9 Å². The highest BCUT2D eigenvalue weighted by molar-refractivity contribution is 6.30. The molecule has 0 spiro atoms. The number of nitrogens with one attached hydrogen (secondary N) is 2. The Kier molecular flexibility index (Phi) is 8.52. The Balaban J connectivity index is 1.82. The number of piperidine rings is 1. The van der Waals surface area contributed by atoms with Crippen LogP contribution in [0.3, 0.4) is 0 Å². The minimum Gasteiger partial charge on any atom is -0.489 e. The van der Waals surface area contributed by atoms with Crippen molar-refractivity contribution in [3.05, 3.63) is 29.3 Å². The number of rotatable bonds is 7. The van der Waals surface area contributed by atoms with Crippen molar-refractivity contribution in [3.63, 3.8) is 0 Å². The molecule has 0 aromatic heterocycles. The Morgan fingerprint density at radius 3 is 2.46 bits per heavy atom. The van der Waals surface area contributed by atoms with E-state index in [9.17, 15) is 0 Å². The average Bonchev–Trinajstić information content (AvgIpc) is 2.62. The number of nitrogens with zero attached hydrogens (tertiary/aromatic N) is 2. The van der Waals surface area contributed by atoms with Gasteiger partial charge in [0.05, 0.1) is 6.54 Å². The summed E-state index contributed by atoms with van der Waals surface area (Å²) in [6.45, 7) is 12.4. The van der Waals surface area contributed by atoms with Gasteiger partial charge in [-0.15, -0.1) is 0 Å². The van der Waals surface area contributed by atoms with Crippen LogP contribution < -0.4 is 15.4 Å². The Bertz CT molecular complexity index is 553. The Morgan fingerprint density at radius 1 is 1.23 bits per heavy atom. The Hall–Kier alpha value is -1.46. The summed E-state index contributed by atoms with van der Waals surface area (Å²) in [5.41, 5.74) is 0. The molecule has 2 N–H and O–H groups in total. The first-order valence-electron chi connectivity index (χ1n) is 9.69. The molecule has 146 valence electrons. The topological polar surface area (TPSA) is 48.9 Å². The molecule has 0 aliphatic carbocycles. The third-order valence-electron chi connectivity index (χ3n) is 4.60. The van der Waals surface area contributed by atoms with E-state index in [1.54, 1.807) is 0 Å². The van der Waals surface area contributed by atoms with Crippen LogP contribution in [0.5, 0.6) is 5.75 Å². The molecule has 1 unspecified atom stereocenters. The van der Waals surface area contributed by atoms with E-state index in [-0.39, 0.29) is 6.10 Å². The number of likely N-dealkylation sites (tertiary alicyclic amines) is 1. The van der Waals surface area contributed by atoms with Gasteiger partial charge in [0.2, 0.25) is 0 Å². The SMILES string of the molecule is CCNC(=NCC(C)Oc1ccc(Cl)cc1)NC1CCN(C(C)C)CC1. The van der Waals surface area contributed by atoms with E-state index in [0.29, 0.717) is 23.7 Å². The maximum absolute atomic E-state index is 5.91. The number of hydrogen-bond acceptors (Lipinski definition) is 3. The van der Waals surface area contributed by atoms with Gasteiger partial charge in [-0.25, -0.2) is 4.99 Å². The third kappa shape index (κ3) is 7.04. The quantitative estimate of drug-likeness (QED) is 0.561. The maximum atomic E-state index is 5.91. The van der Waals surface area contributed by atoms with Gasteiger partial charge < -0.3 is 20.3 Å². The van der Waals surface area contributed by atoms with Crippen molar-refractivity contribution in [1.82, 2.24) is 15.5 Å². The van der Waals surface area contributed by atoms with Crippen molar-refractivity contribution < 1.29 is 4.74 Å². The predicted octanol–water partition coefficient (Wildman–Crippen LogP) is 3.54. The van der Waals surface area contributed by atoms with E-state index in [4.69, 9.17) is 21.3 Å². The summed E-state index contributed by atoms with van der Waals surface area (Å²) in [7, 11) is 0. The van der Waals surface area contributed by atoms with Crippen LogP contribution in [0.1, 0.15) is 40.5 Å². The highest BCUT2D eigenvalue weighted by Crippen LogP contribution is 2.17. The number of hydrogen-bond donors (Lipinski definition) is 2. The van der Waals surface area contributed by atoms with E-state index in [2.05, 4.69) is 36.3 Å². The molecule has 6 heteroatoms. The number of benzene rings is 1. The molecule has 1 fully saturated rings. The molecule has 1 aliphatic rings. The fourth-order valence-electron chi connectivity index (χ4n) is 3.08. The van der Waals surface area contributed by atoms with Gasteiger partial charge in [-0.1, -0.05) is 11.6 Å². The Labute approximate surface area is 163 Å². The first-order chi connectivity index (χ1) is 12.5. The summed E-state index contributed by atoms with van der Waals surface area (Å²) in [5.74, 6) is 1.69. The molecule has 5 nitrogen and oxygen atoms in total. The summed E-state index contributed by atoms with van der Waals surface area (Å²) in [6.07, 6.45) is 2.30. The monoisotopic (exact) mass is 380 g/mol. The molecular formula is C20H33ClN4O. The molecule has 1 atom stereocenters. The highest BCUT2D eigenvalue weighted by atomic mass is 35.5. The minimum absolute atomic E-state index is 0.00517. The smallest absolute Gasteiger partial charge is 0.191 e. The van der Waals surface area contributed by atoms with Crippen LogP contribution in [0.4, 0.5) is 0 Å². The number of aliphatic imine (C=N–C) groups is 1. The molecule has 1 aromatic rings. The van der Waals surface area contributed by atoms with Crippen molar-refractivity contribution in [2.24, 2.45) is 4.99 Å². The molecule has 0 bridgehead atoms. The average molecular weight is 381 g/mol. The lowest BCUT2D eigenvalue weighted by Gasteiger charge is -2.35. The van der Waals surface area contributed by atoms with Crippen LogP contribution >= 0.6 is 11.6 Å². The number of guanidine groups is 1. The fraction of sp³-hybridized carbons (Fsp3) is 0.650. The molecule has 26 heavy (non-hydrogen) atoms. The lowest BCUT2D eigenvalue weighted by molar-refractivity contribution is 0.167. The van der Waals surface area contributed by atoms with Crippen LogP contribution in [0.2, 0.25) is 5.02 Å². The predicted molar refractivity (Wildman–Crippen MR) is 110 cm³/mol. The second-order valence-corrected chi connectivity index (χ2v) is 7.59. The van der Waals surface area contributed by atoms with Gasteiger partial charge >= 0.3 is 0 Å². The zero-order valence-corrected chi connectivity index (χ0v) is 17.2. The van der Waals surface area contributed by atoms with Gasteiger partial charge in [-0.2, -0.15) is 0 Å². The van der Waals surface area contributed by atoms with E-state index < -0.39 is 0 Å². The maximum Gasteiger partial charge on any atom is 0.191 e. The number of halogens is 1. The van der Waals surface area contributed by atoms with Gasteiger partial charge in [0.25, 0.3) is 0 Å². The van der Waals surface area contributed by atoms with Gasteiger partial charge in [-0.05, 0) is 64.8 Å². The van der Waals surface area contributed by atoms with E-state index >= 15 is 0 Å². The highest BCUT2D eigenvalue weighted by Gasteiger charge is 2.21. The summed E-state index contributed by atoms with van der Waals surface area (Å²) in [4.78, 5) is 7.24. The first-order valence-corrected chi connectivity index (χ1v) is 10.1. The van der Waals surface area contributed by atoms with E-state index in [0.717, 1.165) is 44.2 Å². The van der Waals surface area contributed by atoms with E-state index in [1.165, 1.54) is 0 Å². The molecule has 1 saturated heterocycles. The summed E-state index contributed by atoms with van der Waals surface area (Å²) in [6, 6.07) is 8.55. The van der Waals surface area contributed by atoms with Gasteiger partial charge in [-0.3, -0.25) is 0 Å². The second-order valence-electron chi connectivity index (χ2n) is 7.15. The van der Waals surface area contributed by atoms with Crippen LogP contribution in [-0.4, -0.2) is 55.2 Å².